The summed E-state index contributed by atoms with van der Waals surface area (Å²) in [6, 6.07) is 29.8. The highest BCUT2D eigenvalue weighted by Gasteiger charge is 2.24. The zero-order valence-corrected chi connectivity index (χ0v) is 15.9. The van der Waals surface area contributed by atoms with Crippen LogP contribution in [-0.2, 0) is 16.1 Å². The number of hydrogen-bond acceptors (Lipinski definition) is 2. The van der Waals surface area contributed by atoms with Crippen molar-refractivity contribution in [1.82, 2.24) is 0 Å². The van der Waals surface area contributed by atoms with Gasteiger partial charge in [-0.1, -0.05) is 91.0 Å². The summed E-state index contributed by atoms with van der Waals surface area (Å²) in [4.78, 5) is 22.5. The lowest BCUT2D eigenvalue weighted by atomic mass is 10.2. The molecule has 3 rings (SSSR count). The molecule has 0 saturated carbocycles. The molecule has 4 heteroatoms. The van der Waals surface area contributed by atoms with Crippen LogP contribution in [0.4, 0.5) is 0 Å². The molecule has 0 aliphatic heterocycles. The Balaban J connectivity index is 1.62. The van der Waals surface area contributed by atoms with Crippen LogP contribution in [0.3, 0.4) is 0 Å². The van der Waals surface area contributed by atoms with Crippen LogP contribution in [0, 0.1) is 0 Å². The van der Waals surface area contributed by atoms with Crippen LogP contribution in [0.15, 0.2) is 91.0 Å². The zero-order valence-electron chi connectivity index (χ0n) is 15.0. The van der Waals surface area contributed by atoms with Gasteiger partial charge in [-0.05, 0) is 24.1 Å². The number of carbonyl (C=O) groups excluding carboxylic acids is 2. The molecular formula is C23H22O3P+. The van der Waals surface area contributed by atoms with Crippen molar-refractivity contribution in [3.05, 3.63) is 96.6 Å². The molecule has 3 aromatic carbocycles. The number of ether oxygens (including phenoxy) is 1. The quantitative estimate of drug-likeness (QED) is 0.259. The molecule has 0 heterocycles. The lowest BCUT2D eigenvalue weighted by molar-refractivity contribution is -0.143. The van der Waals surface area contributed by atoms with E-state index in [2.05, 4.69) is 24.3 Å². The average Bonchev–Trinajstić information content (AvgIpc) is 2.72. The van der Waals surface area contributed by atoms with Gasteiger partial charge < -0.3 is 4.74 Å². The zero-order chi connectivity index (χ0) is 18.9. The summed E-state index contributed by atoms with van der Waals surface area (Å²) in [5.41, 5.74) is 0.932. The highest BCUT2D eigenvalue weighted by Crippen LogP contribution is 2.33. The van der Waals surface area contributed by atoms with E-state index in [0.717, 1.165) is 5.56 Å². The van der Waals surface area contributed by atoms with Crippen LogP contribution in [-0.4, -0.2) is 22.7 Å². The van der Waals surface area contributed by atoms with E-state index in [4.69, 9.17) is 4.74 Å². The van der Waals surface area contributed by atoms with E-state index in [0.29, 0.717) is 6.16 Å². The van der Waals surface area contributed by atoms with Crippen molar-refractivity contribution in [1.29, 1.82) is 0 Å². The largest absolute Gasteiger partial charge is 0.460 e. The first-order valence-corrected chi connectivity index (χ1v) is 10.4. The predicted octanol–water partition coefficient (Wildman–Crippen LogP) is 3.80. The second-order valence-electron chi connectivity index (χ2n) is 6.15. The van der Waals surface area contributed by atoms with Crippen LogP contribution < -0.4 is 10.6 Å². The van der Waals surface area contributed by atoms with Crippen molar-refractivity contribution < 1.29 is 14.3 Å². The number of hydrogen-bond donors (Lipinski definition) is 0. The molecule has 0 spiro atoms. The minimum absolute atomic E-state index is 0.0780. The number of carbonyl (C=O) groups is 1. The highest BCUT2D eigenvalue weighted by molar-refractivity contribution is 7.73. The summed E-state index contributed by atoms with van der Waals surface area (Å²) in [6.45, 7) is 0.221. The molecule has 0 saturated heterocycles. The van der Waals surface area contributed by atoms with Crippen LogP contribution in [0.25, 0.3) is 0 Å². The van der Waals surface area contributed by atoms with Gasteiger partial charge in [0.15, 0.2) is 6.42 Å². The Bertz CT molecular complexity index is 824. The third-order valence-corrected chi connectivity index (χ3v) is 6.59. The Morgan fingerprint density at radius 3 is 1.78 bits per heavy atom. The van der Waals surface area contributed by atoms with Crippen molar-refractivity contribution in [2.45, 2.75) is 13.0 Å². The van der Waals surface area contributed by atoms with Crippen LogP contribution in [0.2, 0.25) is 0 Å². The Morgan fingerprint density at radius 2 is 1.26 bits per heavy atom. The van der Waals surface area contributed by atoms with Gasteiger partial charge >= 0.3 is 11.8 Å². The number of ketones is 1. The van der Waals surface area contributed by atoms with E-state index in [-0.39, 0.29) is 18.8 Å². The number of esters is 1. The molecule has 0 fully saturated rings. The van der Waals surface area contributed by atoms with Crippen LogP contribution in [0.1, 0.15) is 12.0 Å². The van der Waals surface area contributed by atoms with Crippen molar-refractivity contribution in [3.8, 4) is 0 Å². The van der Waals surface area contributed by atoms with Crippen molar-refractivity contribution in [2.24, 2.45) is 0 Å². The normalized spacial score (nSPS) is 10.6. The third-order valence-electron chi connectivity index (χ3n) is 4.07. The summed E-state index contributed by atoms with van der Waals surface area (Å²) in [7, 11) is -0.769. The van der Waals surface area contributed by atoms with Gasteiger partial charge in [-0.3, -0.25) is 9.59 Å². The van der Waals surface area contributed by atoms with Gasteiger partial charge in [0.05, 0.1) is 6.16 Å². The van der Waals surface area contributed by atoms with Crippen molar-refractivity contribution in [2.75, 3.05) is 6.16 Å². The van der Waals surface area contributed by atoms with Gasteiger partial charge in [-0.15, -0.1) is 0 Å². The minimum Gasteiger partial charge on any atom is -0.460 e. The first kappa shape index (κ1) is 19.0. The molecule has 0 atom stereocenters. The molecule has 3 nitrogen and oxygen atoms in total. The lowest BCUT2D eigenvalue weighted by Crippen LogP contribution is -2.21. The summed E-state index contributed by atoms with van der Waals surface area (Å²) in [6.07, 6.45) is 0.370. The van der Waals surface area contributed by atoms with Gasteiger partial charge in [0.1, 0.15) is 6.61 Å². The standard InChI is InChI=1S/C23H21O3P/c24-20(16-23(25)26-17-19-10-4-1-5-11-19)18-27(21-12-6-2-7-13-21)22-14-8-3-9-15-22/h1-15H,16-18H2/p+1. The molecule has 0 amide bonds. The third kappa shape index (κ3) is 5.87. The Kier molecular flexibility index (Phi) is 6.90. The SMILES string of the molecule is O=C(CC(=[OH+])CP(c1ccccc1)c1ccccc1)OCc1ccccc1. The molecule has 0 bridgehead atoms. The van der Waals surface area contributed by atoms with Crippen LogP contribution >= 0.6 is 7.92 Å². The van der Waals surface area contributed by atoms with E-state index in [1.807, 2.05) is 66.7 Å². The first-order chi connectivity index (χ1) is 13.2. The molecule has 0 aliphatic carbocycles. The second-order valence-corrected chi connectivity index (χ2v) is 8.35. The molecule has 0 radical (unpaired) electrons. The lowest BCUT2D eigenvalue weighted by Gasteiger charge is -2.16. The summed E-state index contributed by atoms with van der Waals surface area (Å²) in [5.74, 6) is -0.251. The molecule has 0 aromatic heterocycles. The van der Waals surface area contributed by atoms with Crippen molar-refractivity contribution >= 4 is 30.3 Å². The van der Waals surface area contributed by atoms with Gasteiger partial charge in [0.2, 0.25) is 0 Å². The summed E-state index contributed by atoms with van der Waals surface area (Å²) >= 11 is 0. The molecule has 3 aromatic rings. The Morgan fingerprint density at radius 1 is 0.778 bits per heavy atom. The van der Waals surface area contributed by atoms with Gasteiger partial charge in [0, 0.05) is 0 Å². The van der Waals surface area contributed by atoms with E-state index >= 15 is 0 Å². The monoisotopic (exact) mass is 377 g/mol. The minimum atomic E-state index is -0.769. The van der Waals surface area contributed by atoms with Crippen LogP contribution in [0.5, 0.6) is 0 Å². The van der Waals surface area contributed by atoms with E-state index in [9.17, 15) is 9.59 Å². The highest BCUT2D eigenvalue weighted by atomic mass is 31.1. The number of rotatable bonds is 8. The maximum absolute atomic E-state index is 12.1. The fourth-order valence-electron chi connectivity index (χ4n) is 2.74. The maximum Gasteiger partial charge on any atom is 0.319 e. The van der Waals surface area contributed by atoms with Gasteiger partial charge in [0.25, 0.3) is 0 Å². The fraction of sp³-hybridized carbons (Fsp3) is 0.130. The van der Waals surface area contributed by atoms with E-state index in [1.54, 1.807) is 0 Å². The Hall–Kier alpha value is -2.77. The first-order valence-electron chi connectivity index (χ1n) is 8.83. The smallest absolute Gasteiger partial charge is 0.319 e. The molecule has 27 heavy (non-hydrogen) atoms. The molecule has 0 aliphatic rings. The Labute approximate surface area is 160 Å². The van der Waals surface area contributed by atoms with Crippen molar-refractivity contribution in [3.63, 3.8) is 0 Å². The van der Waals surface area contributed by atoms with E-state index < -0.39 is 13.9 Å². The molecule has 0 unspecified atom stereocenters. The summed E-state index contributed by atoms with van der Waals surface area (Å²) in [5, 5.41) is 2.34. The van der Waals surface area contributed by atoms with E-state index in [1.165, 1.54) is 10.6 Å². The predicted molar refractivity (Wildman–Crippen MR) is 112 cm³/mol. The average molecular weight is 377 g/mol. The fourth-order valence-corrected chi connectivity index (χ4v) is 4.95. The topological polar surface area (TPSA) is 47.7 Å². The molecular weight excluding hydrogens is 355 g/mol. The summed E-state index contributed by atoms with van der Waals surface area (Å²) < 4.78 is 5.28. The number of benzene rings is 3. The molecule has 136 valence electrons. The van der Waals surface area contributed by atoms with Gasteiger partial charge in [-0.25, -0.2) is 0 Å². The van der Waals surface area contributed by atoms with Gasteiger partial charge in [-0.2, -0.15) is 0 Å². The second kappa shape index (κ2) is 9.80. The maximum atomic E-state index is 12.1. The molecule has 1 N–H and O–H groups in total.